The molecule has 25 heteroatoms. The van der Waals surface area contributed by atoms with Gasteiger partial charge in [-0.2, -0.15) is 0 Å². The number of aliphatic carboxylic acids is 1. The third-order valence-corrected chi connectivity index (χ3v) is 13.1. The van der Waals surface area contributed by atoms with Gasteiger partial charge >= 0.3 is 29.8 Å². The van der Waals surface area contributed by atoms with Gasteiger partial charge in [0.05, 0.1) is 46.1 Å². The van der Waals surface area contributed by atoms with E-state index in [9.17, 15) is 48.3 Å². The first kappa shape index (κ1) is 75.0. The van der Waals surface area contributed by atoms with Crippen molar-refractivity contribution in [3.05, 3.63) is 33.4 Å². The second kappa shape index (κ2) is 37.5. The lowest BCUT2D eigenvalue weighted by atomic mass is 10.1. The van der Waals surface area contributed by atoms with Crippen molar-refractivity contribution in [2.24, 2.45) is 0 Å². The minimum Gasteiger partial charge on any atom is -0.480 e. The molecule has 1 aliphatic heterocycles. The minimum absolute atomic E-state index is 0.0306. The van der Waals surface area contributed by atoms with Gasteiger partial charge in [0.15, 0.2) is 0 Å². The number of amides is 4. The maximum atomic E-state index is 14.3. The SMILES string of the molecule is CC(NC(=O)CNC(=O)CCC(C(=O)OC(C)(C)C)N1CCN(CC(=O)OC(C)(C)C)CCN(C(CCC(=O)NCCOCCOCCNC(=O)CCCc2ccc(I)cc2)C(=O)OC(C)(C)C)CCN(CC(=O)OC(C)(C)C)CC1)C(=O)O. The van der Waals surface area contributed by atoms with Crippen molar-refractivity contribution in [1.29, 1.82) is 0 Å². The average Bonchev–Trinajstić information content (AvgIpc) is 3.47. The van der Waals surface area contributed by atoms with E-state index in [4.69, 9.17) is 28.4 Å². The molecule has 0 bridgehead atoms. The number of hydrogen-bond donors (Lipinski definition) is 5. The molecule has 1 aliphatic rings. The summed E-state index contributed by atoms with van der Waals surface area (Å²) in [6.45, 7) is 24.4. The number of benzene rings is 1. The van der Waals surface area contributed by atoms with E-state index in [2.05, 4.69) is 68.1 Å². The molecule has 3 atom stereocenters. The number of carboxylic acid groups (broad SMARTS) is 1. The summed E-state index contributed by atoms with van der Waals surface area (Å²) in [5.41, 5.74) is -2.26. The van der Waals surface area contributed by atoms with E-state index < -0.39 is 88.7 Å². The van der Waals surface area contributed by atoms with Crippen LogP contribution in [0.25, 0.3) is 0 Å². The molecule has 0 saturated carbocycles. The Balaban J connectivity index is 2.32. The molecule has 0 radical (unpaired) electrons. The van der Waals surface area contributed by atoms with Gasteiger partial charge in [0.25, 0.3) is 0 Å². The quantitative estimate of drug-likeness (QED) is 0.0308. The molecule has 0 spiro atoms. The molecule has 1 saturated heterocycles. The monoisotopic (exact) mass is 1300 g/mol. The second-order valence-electron chi connectivity index (χ2n) is 24.8. The van der Waals surface area contributed by atoms with Gasteiger partial charge in [-0.3, -0.25) is 62.8 Å². The fraction of sp³-hybridized carbons (Fsp3) is 0.746. The fourth-order valence-electron chi connectivity index (χ4n) is 8.50. The number of carbonyl (C=O) groups excluding carboxylic acids is 8. The number of carbonyl (C=O) groups is 9. The van der Waals surface area contributed by atoms with Gasteiger partial charge in [0.1, 0.15) is 40.5 Å². The lowest BCUT2D eigenvalue weighted by Crippen LogP contribution is -2.54. The Morgan fingerprint density at radius 1 is 0.524 bits per heavy atom. The van der Waals surface area contributed by atoms with Crippen molar-refractivity contribution in [2.45, 2.75) is 175 Å². The van der Waals surface area contributed by atoms with E-state index in [1.807, 2.05) is 19.6 Å². The summed E-state index contributed by atoms with van der Waals surface area (Å²) in [6, 6.07) is 5.08. The van der Waals surface area contributed by atoms with E-state index in [0.717, 1.165) is 12.8 Å². The number of nitrogens with one attached hydrogen (secondary N) is 4. The Labute approximate surface area is 511 Å². The van der Waals surface area contributed by atoms with Crippen molar-refractivity contribution in [3.63, 3.8) is 0 Å². The lowest BCUT2D eigenvalue weighted by Gasteiger charge is -2.38. The smallest absolute Gasteiger partial charge is 0.325 e. The van der Waals surface area contributed by atoms with Gasteiger partial charge in [-0.05, 0) is 156 Å². The highest BCUT2D eigenvalue weighted by Crippen LogP contribution is 2.20. The molecule has 2 rings (SSSR count). The van der Waals surface area contributed by atoms with Crippen molar-refractivity contribution in [3.8, 4) is 0 Å². The van der Waals surface area contributed by atoms with Crippen molar-refractivity contribution in [1.82, 2.24) is 40.9 Å². The largest absolute Gasteiger partial charge is 0.480 e. The van der Waals surface area contributed by atoms with Crippen LogP contribution in [0.4, 0.5) is 0 Å². The Bertz CT molecular complexity index is 2200. The highest BCUT2D eigenvalue weighted by Gasteiger charge is 2.35. The summed E-state index contributed by atoms with van der Waals surface area (Å²) < 4.78 is 35.9. The highest BCUT2D eigenvalue weighted by molar-refractivity contribution is 14.1. The summed E-state index contributed by atoms with van der Waals surface area (Å²) >= 11 is 2.26. The number of aryl methyl sites for hydroxylation is 1. The van der Waals surface area contributed by atoms with Crippen LogP contribution in [-0.2, 0) is 78.0 Å². The average molecular weight is 1300 g/mol. The van der Waals surface area contributed by atoms with Crippen LogP contribution >= 0.6 is 22.6 Å². The Morgan fingerprint density at radius 3 is 1.29 bits per heavy atom. The third-order valence-electron chi connectivity index (χ3n) is 12.4. The van der Waals surface area contributed by atoms with E-state index in [-0.39, 0.29) is 123 Å². The number of nitrogens with zero attached hydrogens (tertiary/aromatic N) is 4. The van der Waals surface area contributed by atoms with Crippen LogP contribution in [0.5, 0.6) is 0 Å². The molecule has 0 aliphatic carbocycles. The first-order valence-corrected chi connectivity index (χ1v) is 30.2. The molecule has 1 fully saturated rings. The number of carboxylic acids is 1. The first-order valence-electron chi connectivity index (χ1n) is 29.1. The summed E-state index contributed by atoms with van der Waals surface area (Å²) in [5, 5.41) is 19.7. The van der Waals surface area contributed by atoms with Crippen LogP contribution in [-0.4, -0.2) is 230 Å². The van der Waals surface area contributed by atoms with Gasteiger partial charge in [-0.15, -0.1) is 0 Å². The zero-order valence-corrected chi connectivity index (χ0v) is 54.4. The Morgan fingerprint density at radius 2 is 0.905 bits per heavy atom. The predicted octanol–water partition coefficient (Wildman–Crippen LogP) is 3.47. The molecule has 5 N–H and O–H groups in total. The molecule has 4 amide bonds. The highest BCUT2D eigenvalue weighted by atomic mass is 127. The summed E-state index contributed by atoms with van der Waals surface area (Å²) in [5.74, 6) is -5.11. The second-order valence-corrected chi connectivity index (χ2v) is 26.0. The van der Waals surface area contributed by atoms with E-state index in [0.29, 0.717) is 26.2 Å². The number of esters is 4. The van der Waals surface area contributed by atoms with Crippen LogP contribution in [0.15, 0.2) is 24.3 Å². The summed E-state index contributed by atoms with van der Waals surface area (Å²) in [6.07, 6.45) is 1.72. The van der Waals surface area contributed by atoms with Gasteiger partial charge < -0.3 is 54.8 Å². The zero-order chi connectivity index (χ0) is 63.3. The molecule has 3 unspecified atom stereocenters. The van der Waals surface area contributed by atoms with Crippen LogP contribution in [0, 0.1) is 3.57 Å². The van der Waals surface area contributed by atoms with Crippen LogP contribution in [0.2, 0.25) is 0 Å². The summed E-state index contributed by atoms with van der Waals surface area (Å²) in [7, 11) is 0. The van der Waals surface area contributed by atoms with Gasteiger partial charge in [0, 0.05) is 88.3 Å². The molecule has 1 aromatic carbocycles. The Hall–Kier alpha value is -5.06. The van der Waals surface area contributed by atoms with Crippen LogP contribution in [0.3, 0.4) is 0 Å². The topological polar surface area (TPSA) is 290 Å². The van der Waals surface area contributed by atoms with Crippen molar-refractivity contribution >= 4 is 76.1 Å². The first-order chi connectivity index (χ1) is 39.1. The maximum Gasteiger partial charge on any atom is 0.325 e. The molecule has 24 nitrogen and oxygen atoms in total. The van der Waals surface area contributed by atoms with E-state index >= 15 is 0 Å². The minimum atomic E-state index is -1.25. The van der Waals surface area contributed by atoms with Crippen LogP contribution < -0.4 is 21.3 Å². The zero-order valence-electron chi connectivity index (χ0n) is 52.2. The normalized spacial score (nSPS) is 15.9. The number of ether oxygens (including phenoxy) is 6. The molecular weight excluding hydrogens is 1200 g/mol. The van der Waals surface area contributed by atoms with Crippen molar-refractivity contribution < 1.29 is 76.7 Å². The molecule has 478 valence electrons. The number of hydrogen-bond acceptors (Lipinski definition) is 19. The molecule has 1 heterocycles. The van der Waals surface area contributed by atoms with Crippen LogP contribution in [0.1, 0.15) is 134 Å². The van der Waals surface area contributed by atoms with E-state index in [1.54, 1.807) is 83.1 Å². The summed E-state index contributed by atoms with van der Waals surface area (Å²) in [4.78, 5) is 126. The third kappa shape index (κ3) is 36.1. The predicted molar refractivity (Wildman–Crippen MR) is 323 cm³/mol. The number of halogens is 1. The Kier molecular flexibility index (Phi) is 33.5. The maximum absolute atomic E-state index is 14.3. The molecule has 1 aromatic rings. The van der Waals surface area contributed by atoms with Gasteiger partial charge in [-0.1, -0.05) is 12.1 Å². The molecule has 84 heavy (non-hydrogen) atoms. The standard InChI is InChI=1S/C59H99IN8O16/c1-42(53(75)76)64-50(72)39-63-49(71)24-22-46(55(78)84-59(11,12)13)68-33-29-65(40-51(73)81-56(2,3)4)27-31-67(32-28-66(30-34-68)41-52(74)82-57(5,6)7)45(54(77)83-58(8,9)10)21-23-48(70)62-26-36-80-38-37-79-35-25-61-47(69)16-14-15-43-17-19-44(60)20-18-43/h17-20,42,45-46H,14-16,21-41H2,1-13H3,(H,61,69)(H,62,70)(H,63,71)(H,64,72)(H,75,76). The van der Waals surface area contributed by atoms with Crippen molar-refractivity contribution in [2.75, 3.05) is 112 Å². The van der Waals surface area contributed by atoms with Gasteiger partial charge in [-0.25, -0.2) is 0 Å². The van der Waals surface area contributed by atoms with E-state index in [1.165, 1.54) is 16.1 Å². The molecule has 0 aromatic heterocycles. The molecular formula is C59H99IN8O16. The number of rotatable bonds is 31. The lowest BCUT2D eigenvalue weighted by molar-refractivity contribution is -0.164. The fourth-order valence-corrected chi connectivity index (χ4v) is 8.86. The van der Waals surface area contributed by atoms with Gasteiger partial charge in [0.2, 0.25) is 23.6 Å².